The molecule has 1 aliphatic heterocycles. The lowest BCUT2D eigenvalue weighted by Gasteiger charge is -2.31. The van der Waals surface area contributed by atoms with Gasteiger partial charge >= 0.3 is 0 Å². The molecule has 2 rings (SSSR count). The topological polar surface area (TPSA) is 15.3 Å². The number of rotatable bonds is 3. The fraction of sp³-hybridized carbons (Fsp3) is 0.538. The van der Waals surface area contributed by atoms with Crippen molar-refractivity contribution in [2.24, 2.45) is 0 Å². The van der Waals surface area contributed by atoms with Crippen LogP contribution in [0, 0.1) is 5.82 Å². The van der Waals surface area contributed by atoms with Gasteiger partial charge in [0.05, 0.1) is 0 Å². The third-order valence-electron chi connectivity index (χ3n) is 3.36. The minimum absolute atomic E-state index is 0.171. The van der Waals surface area contributed by atoms with Crippen molar-refractivity contribution < 1.29 is 4.39 Å². The number of piperidine rings is 1. The predicted octanol–water partition coefficient (Wildman–Crippen LogP) is 2.66. The molecule has 1 aliphatic rings. The van der Waals surface area contributed by atoms with Crippen LogP contribution in [0.25, 0.3) is 0 Å². The number of halogens is 2. The second-order valence-corrected chi connectivity index (χ2v) is 5.07. The summed E-state index contributed by atoms with van der Waals surface area (Å²) >= 11 is 5.89. The summed E-state index contributed by atoms with van der Waals surface area (Å²) in [5.41, 5.74) is 0.679. The first kappa shape index (κ1) is 12.8. The molecular formula is C13H18ClFN2. The molecule has 0 amide bonds. The first-order valence-electron chi connectivity index (χ1n) is 6.01. The summed E-state index contributed by atoms with van der Waals surface area (Å²) in [4.78, 5) is 2.22. The monoisotopic (exact) mass is 256 g/mol. The van der Waals surface area contributed by atoms with Gasteiger partial charge in [-0.3, -0.25) is 4.90 Å². The van der Waals surface area contributed by atoms with Gasteiger partial charge in [0.25, 0.3) is 0 Å². The average molecular weight is 257 g/mol. The van der Waals surface area contributed by atoms with E-state index in [0.717, 1.165) is 25.9 Å². The van der Waals surface area contributed by atoms with Crippen LogP contribution in [-0.2, 0) is 6.54 Å². The lowest BCUT2D eigenvalue weighted by Crippen LogP contribution is -2.40. The molecule has 1 saturated heterocycles. The highest BCUT2D eigenvalue weighted by Gasteiger charge is 2.18. The standard InChI is InChI=1S/C13H18ClFN2/c1-17(12-4-6-16-7-5-12)9-10-8-11(14)2-3-13(10)15/h2-3,8,12,16H,4-7,9H2,1H3. The van der Waals surface area contributed by atoms with E-state index >= 15 is 0 Å². The van der Waals surface area contributed by atoms with Gasteiger partial charge in [-0.2, -0.15) is 0 Å². The van der Waals surface area contributed by atoms with Gasteiger partial charge in [0.15, 0.2) is 0 Å². The summed E-state index contributed by atoms with van der Waals surface area (Å²) in [6, 6.07) is 5.28. The van der Waals surface area contributed by atoms with Crippen molar-refractivity contribution in [3.05, 3.63) is 34.6 Å². The van der Waals surface area contributed by atoms with E-state index in [4.69, 9.17) is 11.6 Å². The van der Waals surface area contributed by atoms with Crippen molar-refractivity contribution in [2.45, 2.75) is 25.4 Å². The van der Waals surface area contributed by atoms with Gasteiger partial charge in [0.1, 0.15) is 5.82 Å². The van der Waals surface area contributed by atoms with E-state index in [1.807, 2.05) is 0 Å². The van der Waals surface area contributed by atoms with Crippen LogP contribution in [0.4, 0.5) is 4.39 Å². The Morgan fingerprint density at radius 1 is 1.41 bits per heavy atom. The molecule has 17 heavy (non-hydrogen) atoms. The first-order chi connectivity index (χ1) is 8.16. The molecule has 1 N–H and O–H groups in total. The molecule has 0 radical (unpaired) electrons. The molecule has 1 fully saturated rings. The van der Waals surface area contributed by atoms with Crippen LogP contribution in [0.3, 0.4) is 0 Å². The van der Waals surface area contributed by atoms with E-state index in [1.165, 1.54) is 6.07 Å². The van der Waals surface area contributed by atoms with Crippen LogP contribution in [0.15, 0.2) is 18.2 Å². The number of nitrogens with one attached hydrogen (secondary N) is 1. The average Bonchev–Trinajstić information content (AvgIpc) is 2.35. The molecule has 1 aromatic rings. The molecule has 1 heterocycles. The van der Waals surface area contributed by atoms with Crippen molar-refractivity contribution in [1.29, 1.82) is 0 Å². The molecule has 2 nitrogen and oxygen atoms in total. The van der Waals surface area contributed by atoms with Crippen LogP contribution >= 0.6 is 11.6 Å². The highest BCUT2D eigenvalue weighted by atomic mass is 35.5. The second-order valence-electron chi connectivity index (χ2n) is 4.63. The van der Waals surface area contributed by atoms with Gasteiger partial charge in [-0.1, -0.05) is 11.6 Å². The molecule has 0 aromatic heterocycles. The van der Waals surface area contributed by atoms with E-state index < -0.39 is 0 Å². The van der Waals surface area contributed by atoms with Crippen molar-refractivity contribution in [1.82, 2.24) is 10.2 Å². The maximum Gasteiger partial charge on any atom is 0.127 e. The zero-order valence-electron chi connectivity index (χ0n) is 10.0. The SMILES string of the molecule is CN(Cc1cc(Cl)ccc1F)C1CCNCC1. The summed E-state index contributed by atoms with van der Waals surface area (Å²) in [5.74, 6) is -0.171. The van der Waals surface area contributed by atoms with Crippen LogP contribution in [0.5, 0.6) is 0 Å². The van der Waals surface area contributed by atoms with E-state index in [-0.39, 0.29) is 5.82 Å². The van der Waals surface area contributed by atoms with Crippen molar-refractivity contribution >= 4 is 11.6 Å². The summed E-state index contributed by atoms with van der Waals surface area (Å²) in [6.45, 7) is 2.72. The third-order valence-corrected chi connectivity index (χ3v) is 3.59. The predicted molar refractivity (Wildman–Crippen MR) is 68.8 cm³/mol. The Balaban J connectivity index is 2.01. The molecule has 0 saturated carbocycles. The van der Waals surface area contributed by atoms with Crippen LogP contribution in [0.2, 0.25) is 5.02 Å². The van der Waals surface area contributed by atoms with Gasteiger partial charge in [0, 0.05) is 23.2 Å². The van der Waals surface area contributed by atoms with Gasteiger partial charge < -0.3 is 5.32 Å². The maximum atomic E-state index is 13.6. The zero-order chi connectivity index (χ0) is 12.3. The molecule has 4 heteroatoms. The smallest absolute Gasteiger partial charge is 0.127 e. The molecule has 0 aliphatic carbocycles. The minimum Gasteiger partial charge on any atom is -0.317 e. The van der Waals surface area contributed by atoms with E-state index in [1.54, 1.807) is 12.1 Å². The van der Waals surface area contributed by atoms with Crippen LogP contribution in [-0.4, -0.2) is 31.1 Å². The number of benzene rings is 1. The summed E-state index contributed by atoms with van der Waals surface area (Å²) in [7, 11) is 2.05. The number of hydrogen-bond acceptors (Lipinski definition) is 2. The van der Waals surface area contributed by atoms with Crippen molar-refractivity contribution in [3.63, 3.8) is 0 Å². The number of nitrogens with zero attached hydrogens (tertiary/aromatic N) is 1. The Bertz CT molecular complexity index is 378. The maximum absolute atomic E-state index is 13.6. The summed E-state index contributed by atoms with van der Waals surface area (Å²) in [5, 5.41) is 3.93. The normalized spacial score (nSPS) is 17.6. The molecule has 0 spiro atoms. The quantitative estimate of drug-likeness (QED) is 0.895. The van der Waals surface area contributed by atoms with Gasteiger partial charge in [0.2, 0.25) is 0 Å². The lowest BCUT2D eigenvalue weighted by molar-refractivity contribution is 0.190. The van der Waals surface area contributed by atoms with Crippen LogP contribution in [0.1, 0.15) is 18.4 Å². The Labute approximate surface area is 107 Å². The van der Waals surface area contributed by atoms with Gasteiger partial charge in [-0.15, -0.1) is 0 Å². The number of hydrogen-bond donors (Lipinski definition) is 1. The van der Waals surface area contributed by atoms with E-state index in [9.17, 15) is 4.39 Å². The highest BCUT2D eigenvalue weighted by molar-refractivity contribution is 6.30. The minimum atomic E-state index is -0.171. The summed E-state index contributed by atoms with van der Waals surface area (Å²) in [6.07, 6.45) is 2.25. The van der Waals surface area contributed by atoms with Gasteiger partial charge in [-0.05, 0) is 51.2 Å². The first-order valence-corrected chi connectivity index (χ1v) is 6.39. The molecule has 1 aromatic carbocycles. The van der Waals surface area contributed by atoms with E-state index in [2.05, 4.69) is 17.3 Å². The zero-order valence-corrected chi connectivity index (χ0v) is 10.8. The molecule has 0 atom stereocenters. The molecule has 0 unspecified atom stereocenters. The molecule has 0 bridgehead atoms. The largest absolute Gasteiger partial charge is 0.317 e. The molecular weight excluding hydrogens is 239 g/mol. The fourth-order valence-corrected chi connectivity index (χ4v) is 2.50. The lowest BCUT2D eigenvalue weighted by atomic mass is 10.0. The van der Waals surface area contributed by atoms with Gasteiger partial charge in [-0.25, -0.2) is 4.39 Å². The Morgan fingerprint density at radius 3 is 2.82 bits per heavy atom. The molecule has 94 valence electrons. The van der Waals surface area contributed by atoms with Crippen molar-refractivity contribution in [2.75, 3.05) is 20.1 Å². The Kier molecular flexibility index (Phi) is 4.37. The summed E-state index contributed by atoms with van der Waals surface area (Å²) < 4.78 is 13.6. The Morgan fingerprint density at radius 2 is 2.12 bits per heavy atom. The Hall–Kier alpha value is -0.640. The highest BCUT2D eigenvalue weighted by Crippen LogP contribution is 2.19. The third kappa shape index (κ3) is 3.41. The van der Waals surface area contributed by atoms with Crippen LogP contribution < -0.4 is 5.32 Å². The fourth-order valence-electron chi connectivity index (χ4n) is 2.31. The second kappa shape index (κ2) is 5.80. The van der Waals surface area contributed by atoms with E-state index in [0.29, 0.717) is 23.2 Å². The van der Waals surface area contributed by atoms with Crippen molar-refractivity contribution in [3.8, 4) is 0 Å².